The third-order valence-electron chi connectivity index (χ3n) is 2.43. The number of pyridine rings is 1. The fraction of sp³-hybridized carbons (Fsp3) is 0.417. The van der Waals surface area contributed by atoms with Gasteiger partial charge in [-0.3, -0.25) is 4.40 Å². The van der Waals surface area contributed by atoms with Gasteiger partial charge in [0.25, 0.3) is 0 Å². The molecule has 3 heteroatoms. The maximum Gasteiger partial charge on any atom is 0.198 e. The molecule has 0 spiro atoms. The second-order valence-corrected chi connectivity index (χ2v) is 4.67. The van der Waals surface area contributed by atoms with E-state index in [-0.39, 0.29) is 5.41 Å². The maximum absolute atomic E-state index is 5.28. The molecule has 0 saturated carbocycles. The first-order valence-electron chi connectivity index (χ1n) is 5.05. The Hall–Kier alpha value is -1.51. The molecule has 0 aliphatic rings. The SMILES string of the molecule is COc1cccc2nc(C(C)(C)C)cn12. The van der Waals surface area contributed by atoms with Crippen LogP contribution >= 0.6 is 0 Å². The molecule has 0 atom stereocenters. The van der Waals surface area contributed by atoms with Gasteiger partial charge in [0, 0.05) is 11.6 Å². The Labute approximate surface area is 89.7 Å². The molecular formula is C12H16N2O. The third-order valence-corrected chi connectivity index (χ3v) is 2.43. The number of hydrogen-bond donors (Lipinski definition) is 0. The Kier molecular flexibility index (Phi) is 2.18. The lowest BCUT2D eigenvalue weighted by Crippen LogP contribution is -2.11. The number of rotatable bonds is 1. The second kappa shape index (κ2) is 3.26. The quantitative estimate of drug-likeness (QED) is 0.714. The molecule has 2 aromatic rings. The zero-order chi connectivity index (χ0) is 11.1. The van der Waals surface area contributed by atoms with Gasteiger partial charge in [-0.25, -0.2) is 4.98 Å². The predicted molar refractivity (Wildman–Crippen MR) is 60.4 cm³/mol. The van der Waals surface area contributed by atoms with Crippen molar-refractivity contribution in [3.8, 4) is 5.88 Å². The van der Waals surface area contributed by atoms with Crippen LogP contribution < -0.4 is 4.74 Å². The summed E-state index contributed by atoms with van der Waals surface area (Å²) in [5, 5.41) is 0. The van der Waals surface area contributed by atoms with E-state index in [0.29, 0.717) is 0 Å². The van der Waals surface area contributed by atoms with Crippen molar-refractivity contribution in [2.24, 2.45) is 0 Å². The van der Waals surface area contributed by atoms with Gasteiger partial charge < -0.3 is 4.74 Å². The van der Waals surface area contributed by atoms with Crippen LogP contribution in [-0.4, -0.2) is 16.5 Å². The molecule has 80 valence electrons. The summed E-state index contributed by atoms with van der Waals surface area (Å²) in [5.74, 6) is 0.815. The van der Waals surface area contributed by atoms with Gasteiger partial charge in [-0.2, -0.15) is 0 Å². The van der Waals surface area contributed by atoms with Crippen LogP contribution in [0.2, 0.25) is 0 Å². The molecule has 0 aliphatic carbocycles. The van der Waals surface area contributed by atoms with Crippen molar-refractivity contribution >= 4 is 5.65 Å². The lowest BCUT2D eigenvalue weighted by molar-refractivity contribution is 0.392. The fourth-order valence-electron chi connectivity index (χ4n) is 1.51. The molecule has 0 aromatic carbocycles. The molecule has 2 heterocycles. The molecule has 0 aliphatic heterocycles. The normalized spacial score (nSPS) is 12.0. The van der Waals surface area contributed by atoms with Gasteiger partial charge in [0.05, 0.1) is 12.8 Å². The predicted octanol–water partition coefficient (Wildman–Crippen LogP) is 2.64. The van der Waals surface area contributed by atoms with Crippen LogP contribution in [0.3, 0.4) is 0 Å². The highest BCUT2D eigenvalue weighted by Gasteiger charge is 2.18. The van der Waals surface area contributed by atoms with E-state index in [2.05, 4.69) is 25.8 Å². The first-order valence-corrected chi connectivity index (χ1v) is 5.05. The first kappa shape index (κ1) is 10.0. The number of fused-ring (bicyclic) bond motifs is 1. The van der Waals surface area contributed by atoms with Gasteiger partial charge in [-0.1, -0.05) is 26.8 Å². The van der Waals surface area contributed by atoms with Gasteiger partial charge in [0.15, 0.2) is 5.88 Å². The Balaban J connectivity index is 2.65. The van der Waals surface area contributed by atoms with Crippen LogP contribution in [0.15, 0.2) is 24.4 Å². The summed E-state index contributed by atoms with van der Waals surface area (Å²) in [6.07, 6.45) is 2.04. The average molecular weight is 204 g/mol. The van der Waals surface area contributed by atoms with E-state index in [9.17, 15) is 0 Å². The third kappa shape index (κ3) is 1.69. The van der Waals surface area contributed by atoms with E-state index in [4.69, 9.17) is 4.74 Å². The number of ether oxygens (including phenoxy) is 1. The number of methoxy groups -OCH3 is 1. The smallest absolute Gasteiger partial charge is 0.198 e. The minimum atomic E-state index is 0.0665. The highest BCUT2D eigenvalue weighted by molar-refractivity contribution is 5.44. The highest BCUT2D eigenvalue weighted by atomic mass is 16.5. The molecule has 3 nitrogen and oxygen atoms in total. The Morgan fingerprint density at radius 3 is 2.60 bits per heavy atom. The Morgan fingerprint density at radius 1 is 1.27 bits per heavy atom. The Morgan fingerprint density at radius 2 is 2.00 bits per heavy atom. The van der Waals surface area contributed by atoms with Crippen LogP contribution in [0.25, 0.3) is 5.65 Å². The molecule has 2 rings (SSSR count). The van der Waals surface area contributed by atoms with Crippen molar-refractivity contribution in [2.75, 3.05) is 7.11 Å². The lowest BCUT2D eigenvalue weighted by atomic mass is 9.93. The number of nitrogens with zero attached hydrogens (tertiary/aromatic N) is 2. The standard InChI is InChI=1S/C12H16N2O/c1-12(2,3)9-8-14-10(13-9)6-5-7-11(14)15-4/h5-8H,1-4H3. The summed E-state index contributed by atoms with van der Waals surface area (Å²) >= 11 is 0. The molecule has 15 heavy (non-hydrogen) atoms. The number of aromatic nitrogens is 2. The zero-order valence-electron chi connectivity index (χ0n) is 9.61. The van der Waals surface area contributed by atoms with Gasteiger partial charge in [-0.15, -0.1) is 0 Å². The van der Waals surface area contributed by atoms with E-state index in [1.54, 1.807) is 7.11 Å². The van der Waals surface area contributed by atoms with Crippen molar-refractivity contribution in [3.05, 3.63) is 30.1 Å². The molecule has 0 N–H and O–H groups in total. The lowest BCUT2D eigenvalue weighted by Gasteiger charge is -2.13. The highest BCUT2D eigenvalue weighted by Crippen LogP contribution is 2.23. The van der Waals surface area contributed by atoms with Crippen molar-refractivity contribution < 1.29 is 4.74 Å². The van der Waals surface area contributed by atoms with Gasteiger partial charge in [-0.05, 0) is 12.1 Å². The summed E-state index contributed by atoms with van der Waals surface area (Å²) in [6, 6.07) is 5.87. The number of hydrogen-bond acceptors (Lipinski definition) is 2. The number of imidazole rings is 1. The van der Waals surface area contributed by atoms with Crippen LogP contribution in [0.1, 0.15) is 26.5 Å². The van der Waals surface area contributed by atoms with E-state index >= 15 is 0 Å². The molecule has 0 unspecified atom stereocenters. The molecule has 0 radical (unpaired) electrons. The summed E-state index contributed by atoms with van der Waals surface area (Å²) < 4.78 is 7.25. The van der Waals surface area contributed by atoms with E-state index in [1.165, 1.54) is 0 Å². The van der Waals surface area contributed by atoms with Crippen molar-refractivity contribution in [1.82, 2.24) is 9.38 Å². The van der Waals surface area contributed by atoms with Gasteiger partial charge >= 0.3 is 0 Å². The van der Waals surface area contributed by atoms with Crippen LogP contribution in [-0.2, 0) is 5.41 Å². The minimum absolute atomic E-state index is 0.0665. The summed E-state index contributed by atoms with van der Waals surface area (Å²) in [7, 11) is 1.67. The Bertz CT molecular complexity index is 480. The fourth-order valence-corrected chi connectivity index (χ4v) is 1.51. The van der Waals surface area contributed by atoms with Crippen molar-refractivity contribution in [1.29, 1.82) is 0 Å². The first-order chi connectivity index (χ1) is 7.02. The van der Waals surface area contributed by atoms with E-state index in [1.807, 2.05) is 28.8 Å². The van der Waals surface area contributed by atoms with Crippen molar-refractivity contribution in [3.63, 3.8) is 0 Å². The average Bonchev–Trinajstić information content (AvgIpc) is 2.59. The molecule has 0 saturated heterocycles. The monoisotopic (exact) mass is 204 g/mol. The van der Waals surface area contributed by atoms with E-state index < -0.39 is 0 Å². The molecular weight excluding hydrogens is 188 g/mol. The second-order valence-electron chi connectivity index (χ2n) is 4.67. The molecule has 0 amide bonds. The summed E-state index contributed by atoms with van der Waals surface area (Å²) in [5.41, 5.74) is 2.07. The molecule has 2 aromatic heterocycles. The zero-order valence-corrected chi connectivity index (χ0v) is 9.61. The van der Waals surface area contributed by atoms with Crippen LogP contribution in [0.5, 0.6) is 5.88 Å². The largest absolute Gasteiger partial charge is 0.482 e. The van der Waals surface area contributed by atoms with Gasteiger partial charge in [0.2, 0.25) is 0 Å². The molecule has 0 bridgehead atoms. The van der Waals surface area contributed by atoms with Gasteiger partial charge in [0.1, 0.15) is 5.65 Å². The van der Waals surface area contributed by atoms with Crippen molar-refractivity contribution in [2.45, 2.75) is 26.2 Å². The van der Waals surface area contributed by atoms with Crippen LogP contribution in [0, 0.1) is 0 Å². The summed E-state index contributed by atoms with van der Waals surface area (Å²) in [6.45, 7) is 6.46. The maximum atomic E-state index is 5.28. The minimum Gasteiger partial charge on any atom is -0.482 e. The topological polar surface area (TPSA) is 26.5 Å². The van der Waals surface area contributed by atoms with E-state index in [0.717, 1.165) is 17.2 Å². The van der Waals surface area contributed by atoms with Crippen LogP contribution in [0.4, 0.5) is 0 Å². The summed E-state index contributed by atoms with van der Waals surface area (Å²) in [4.78, 5) is 4.58. The molecule has 0 fully saturated rings.